The van der Waals surface area contributed by atoms with E-state index in [9.17, 15) is 0 Å². The zero-order valence-corrected chi connectivity index (χ0v) is 12.8. The van der Waals surface area contributed by atoms with Gasteiger partial charge in [-0.25, -0.2) is 0 Å². The highest BCUT2D eigenvalue weighted by Gasteiger charge is 2.00. The number of anilines is 1. The minimum Gasteiger partial charge on any atom is -0.381 e. The highest BCUT2D eigenvalue weighted by molar-refractivity contribution is 9.10. The molecular formula is C15H15BrClN. The third kappa shape index (κ3) is 3.27. The average Bonchev–Trinajstić information content (AvgIpc) is 2.35. The van der Waals surface area contributed by atoms with Crippen molar-refractivity contribution in [1.82, 2.24) is 0 Å². The fourth-order valence-corrected chi connectivity index (χ4v) is 2.15. The SMILES string of the molecule is Cc1ccc(CNc2ccc(Br)c(C)c2)cc1Cl. The van der Waals surface area contributed by atoms with E-state index in [0.29, 0.717) is 0 Å². The third-order valence-electron chi connectivity index (χ3n) is 2.89. The van der Waals surface area contributed by atoms with Crippen molar-refractivity contribution in [3.63, 3.8) is 0 Å². The molecule has 0 spiro atoms. The van der Waals surface area contributed by atoms with Gasteiger partial charge < -0.3 is 5.32 Å². The number of rotatable bonds is 3. The van der Waals surface area contributed by atoms with Crippen molar-refractivity contribution < 1.29 is 0 Å². The second-order valence-corrected chi connectivity index (χ2v) is 5.66. The molecule has 0 bridgehead atoms. The second-order valence-electron chi connectivity index (χ2n) is 4.40. The van der Waals surface area contributed by atoms with E-state index in [4.69, 9.17) is 11.6 Å². The van der Waals surface area contributed by atoms with Gasteiger partial charge in [-0.1, -0.05) is 39.7 Å². The van der Waals surface area contributed by atoms with Crippen LogP contribution >= 0.6 is 27.5 Å². The van der Waals surface area contributed by atoms with Crippen molar-refractivity contribution in [3.8, 4) is 0 Å². The standard InChI is InChI=1S/C15H15BrClN/c1-10-3-4-12(8-15(10)17)9-18-13-5-6-14(16)11(2)7-13/h3-8,18H,9H2,1-2H3. The molecule has 0 saturated carbocycles. The van der Waals surface area contributed by atoms with E-state index in [1.54, 1.807) is 0 Å². The quantitative estimate of drug-likeness (QED) is 0.804. The molecule has 0 unspecified atom stereocenters. The normalized spacial score (nSPS) is 10.4. The molecule has 0 aliphatic heterocycles. The van der Waals surface area contributed by atoms with Crippen molar-refractivity contribution in [2.75, 3.05) is 5.32 Å². The maximum atomic E-state index is 6.11. The van der Waals surface area contributed by atoms with Gasteiger partial charge in [-0.3, -0.25) is 0 Å². The van der Waals surface area contributed by atoms with Gasteiger partial charge in [-0.2, -0.15) is 0 Å². The van der Waals surface area contributed by atoms with Gasteiger partial charge in [0, 0.05) is 21.7 Å². The Morgan fingerprint density at radius 2 is 1.83 bits per heavy atom. The molecule has 0 aliphatic carbocycles. The predicted molar refractivity (Wildman–Crippen MR) is 82.4 cm³/mol. The Hall–Kier alpha value is -0.990. The van der Waals surface area contributed by atoms with E-state index in [0.717, 1.165) is 27.3 Å². The lowest BCUT2D eigenvalue weighted by atomic mass is 10.1. The van der Waals surface area contributed by atoms with E-state index >= 15 is 0 Å². The van der Waals surface area contributed by atoms with Crippen molar-refractivity contribution in [3.05, 3.63) is 62.6 Å². The molecule has 3 heteroatoms. The van der Waals surface area contributed by atoms with Crippen LogP contribution in [-0.4, -0.2) is 0 Å². The first-order chi connectivity index (χ1) is 8.56. The topological polar surface area (TPSA) is 12.0 Å². The Labute approximate surface area is 121 Å². The van der Waals surface area contributed by atoms with Gasteiger partial charge in [0.25, 0.3) is 0 Å². The van der Waals surface area contributed by atoms with E-state index in [2.05, 4.69) is 52.4 Å². The maximum Gasteiger partial charge on any atom is 0.0438 e. The molecule has 1 N–H and O–H groups in total. The molecule has 0 fully saturated rings. The van der Waals surface area contributed by atoms with E-state index in [1.807, 2.05) is 19.1 Å². The fourth-order valence-electron chi connectivity index (χ4n) is 1.71. The minimum absolute atomic E-state index is 0.779. The highest BCUT2D eigenvalue weighted by atomic mass is 79.9. The molecular weight excluding hydrogens is 310 g/mol. The lowest BCUT2D eigenvalue weighted by molar-refractivity contribution is 1.14. The Morgan fingerprint density at radius 3 is 2.50 bits per heavy atom. The molecule has 1 nitrogen and oxygen atoms in total. The van der Waals surface area contributed by atoms with E-state index < -0.39 is 0 Å². The predicted octanol–water partition coefficient (Wildman–Crippen LogP) is 5.33. The van der Waals surface area contributed by atoms with Gasteiger partial charge in [-0.05, 0) is 54.8 Å². The zero-order valence-electron chi connectivity index (χ0n) is 10.4. The Kier molecular flexibility index (Phi) is 4.31. The van der Waals surface area contributed by atoms with Crippen LogP contribution in [0.3, 0.4) is 0 Å². The molecule has 0 aromatic heterocycles. The smallest absolute Gasteiger partial charge is 0.0438 e. The van der Waals surface area contributed by atoms with Crippen LogP contribution in [0.2, 0.25) is 5.02 Å². The zero-order chi connectivity index (χ0) is 13.1. The summed E-state index contributed by atoms with van der Waals surface area (Å²) in [6.07, 6.45) is 0. The monoisotopic (exact) mass is 323 g/mol. The third-order valence-corrected chi connectivity index (χ3v) is 4.19. The fraction of sp³-hybridized carbons (Fsp3) is 0.200. The van der Waals surface area contributed by atoms with Gasteiger partial charge >= 0.3 is 0 Å². The molecule has 0 heterocycles. The van der Waals surface area contributed by atoms with Crippen LogP contribution in [0.1, 0.15) is 16.7 Å². The summed E-state index contributed by atoms with van der Waals surface area (Å²) >= 11 is 9.61. The number of aryl methyl sites for hydroxylation is 2. The maximum absolute atomic E-state index is 6.11. The van der Waals surface area contributed by atoms with Crippen molar-refractivity contribution in [2.45, 2.75) is 20.4 Å². The summed E-state index contributed by atoms with van der Waals surface area (Å²) < 4.78 is 1.13. The second kappa shape index (κ2) is 5.77. The molecule has 2 aromatic rings. The van der Waals surface area contributed by atoms with Crippen molar-refractivity contribution in [1.29, 1.82) is 0 Å². The van der Waals surface area contributed by atoms with Gasteiger partial charge in [-0.15, -0.1) is 0 Å². The van der Waals surface area contributed by atoms with Gasteiger partial charge in [0.15, 0.2) is 0 Å². The van der Waals surface area contributed by atoms with Crippen LogP contribution in [0.4, 0.5) is 5.69 Å². The van der Waals surface area contributed by atoms with Crippen LogP contribution in [0.5, 0.6) is 0 Å². The van der Waals surface area contributed by atoms with Crippen LogP contribution in [0, 0.1) is 13.8 Å². The van der Waals surface area contributed by atoms with Crippen LogP contribution in [0.25, 0.3) is 0 Å². The number of nitrogens with one attached hydrogen (secondary N) is 1. The molecule has 18 heavy (non-hydrogen) atoms. The lowest BCUT2D eigenvalue weighted by Crippen LogP contribution is -1.99. The molecule has 2 rings (SSSR count). The Bertz CT molecular complexity index is 515. The Morgan fingerprint density at radius 1 is 1.06 bits per heavy atom. The largest absolute Gasteiger partial charge is 0.381 e. The summed E-state index contributed by atoms with van der Waals surface area (Å²) in [5.41, 5.74) is 4.64. The molecule has 0 aliphatic rings. The van der Waals surface area contributed by atoms with Crippen LogP contribution in [0.15, 0.2) is 40.9 Å². The number of halogens is 2. The minimum atomic E-state index is 0.779. The average molecular weight is 325 g/mol. The summed E-state index contributed by atoms with van der Waals surface area (Å²) in [5.74, 6) is 0. The highest BCUT2D eigenvalue weighted by Crippen LogP contribution is 2.21. The molecule has 0 radical (unpaired) electrons. The first-order valence-electron chi connectivity index (χ1n) is 5.81. The van der Waals surface area contributed by atoms with Gasteiger partial charge in [0.2, 0.25) is 0 Å². The van der Waals surface area contributed by atoms with Crippen molar-refractivity contribution >= 4 is 33.2 Å². The number of hydrogen-bond donors (Lipinski definition) is 1. The molecule has 0 saturated heterocycles. The lowest BCUT2D eigenvalue weighted by Gasteiger charge is -2.09. The summed E-state index contributed by atoms with van der Waals surface area (Å²) in [4.78, 5) is 0. The van der Waals surface area contributed by atoms with Crippen molar-refractivity contribution in [2.24, 2.45) is 0 Å². The van der Waals surface area contributed by atoms with E-state index in [-0.39, 0.29) is 0 Å². The summed E-state index contributed by atoms with van der Waals surface area (Å²) in [5, 5.41) is 4.22. The Balaban J connectivity index is 2.06. The first kappa shape index (κ1) is 13.4. The number of benzene rings is 2. The molecule has 0 atom stereocenters. The summed E-state index contributed by atoms with van der Waals surface area (Å²) in [6.45, 7) is 4.87. The van der Waals surface area contributed by atoms with Gasteiger partial charge in [0.1, 0.15) is 0 Å². The summed E-state index contributed by atoms with van der Waals surface area (Å²) in [6, 6.07) is 12.4. The first-order valence-corrected chi connectivity index (χ1v) is 6.98. The van der Waals surface area contributed by atoms with Gasteiger partial charge in [0.05, 0.1) is 0 Å². The summed E-state index contributed by atoms with van der Waals surface area (Å²) in [7, 11) is 0. The molecule has 94 valence electrons. The molecule has 2 aromatic carbocycles. The molecule has 0 amide bonds. The van der Waals surface area contributed by atoms with Crippen LogP contribution < -0.4 is 5.32 Å². The van der Waals surface area contributed by atoms with Crippen LogP contribution in [-0.2, 0) is 6.54 Å². The van der Waals surface area contributed by atoms with E-state index in [1.165, 1.54) is 11.1 Å². The number of hydrogen-bond acceptors (Lipinski definition) is 1.